The van der Waals surface area contributed by atoms with Crippen LogP contribution in [0.3, 0.4) is 0 Å². The highest BCUT2D eigenvalue weighted by molar-refractivity contribution is 9.08. The van der Waals surface area contributed by atoms with Crippen LogP contribution < -0.4 is 0 Å². The molecule has 0 bridgehead atoms. The third-order valence-electron chi connectivity index (χ3n) is 1.82. The van der Waals surface area contributed by atoms with E-state index < -0.39 is 0 Å². The molecule has 1 aromatic carbocycles. The molecule has 0 radical (unpaired) electrons. The van der Waals surface area contributed by atoms with Gasteiger partial charge in [0.2, 0.25) is 0 Å². The summed E-state index contributed by atoms with van der Waals surface area (Å²) in [6.07, 6.45) is 1.82. The Morgan fingerprint density at radius 1 is 1.23 bits per heavy atom. The Morgan fingerprint density at radius 2 is 2.08 bits per heavy atom. The van der Waals surface area contributed by atoms with Crippen molar-refractivity contribution in [1.29, 1.82) is 0 Å². The molecule has 0 saturated carbocycles. The molecule has 0 aliphatic heterocycles. The van der Waals surface area contributed by atoms with Crippen molar-refractivity contribution in [3.8, 4) is 0 Å². The maximum absolute atomic E-state index is 4.27. The van der Waals surface area contributed by atoms with Gasteiger partial charge in [0.15, 0.2) is 0 Å². The summed E-state index contributed by atoms with van der Waals surface area (Å²) in [5.41, 5.74) is 2.33. The topological polar surface area (TPSA) is 12.9 Å². The second-order valence-electron chi connectivity index (χ2n) is 2.66. The average Bonchev–Trinajstić information content (AvgIpc) is 2.17. The number of alkyl halides is 1. The molecule has 0 fully saturated rings. The fourth-order valence-electron chi connectivity index (χ4n) is 1.20. The zero-order valence-corrected chi connectivity index (χ0v) is 10.2. The van der Waals surface area contributed by atoms with Gasteiger partial charge in [-0.25, -0.2) is 0 Å². The van der Waals surface area contributed by atoms with Crippen LogP contribution in [0.15, 0.2) is 36.5 Å². The first-order valence-electron chi connectivity index (χ1n) is 3.80. The molecule has 2 aromatic rings. The van der Waals surface area contributed by atoms with Gasteiger partial charge >= 0.3 is 0 Å². The van der Waals surface area contributed by atoms with Crippen LogP contribution in [0.25, 0.3) is 10.9 Å². The van der Waals surface area contributed by atoms with Crippen LogP contribution in [0.4, 0.5) is 0 Å². The van der Waals surface area contributed by atoms with Crippen molar-refractivity contribution in [3.63, 3.8) is 0 Å². The average molecular weight is 303 g/mol. The van der Waals surface area contributed by atoms with Crippen molar-refractivity contribution in [2.24, 2.45) is 0 Å². The molecule has 0 spiro atoms. The van der Waals surface area contributed by atoms with Crippen molar-refractivity contribution >= 4 is 43.8 Å². The summed E-state index contributed by atoms with van der Waals surface area (Å²) < 4.78 is 0. The van der Waals surface area contributed by atoms with E-state index >= 15 is 0 Å². The second kappa shape index (κ2) is 4.72. The molecule has 0 aliphatic rings. The molecule has 3 heteroatoms. The van der Waals surface area contributed by atoms with Crippen molar-refractivity contribution in [2.75, 3.05) is 0 Å². The first-order valence-corrected chi connectivity index (χ1v) is 4.92. The van der Waals surface area contributed by atoms with E-state index in [9.17, 15) is 0 Å². The van der Waals surface area contributed by atoms with Gasteiger partial charge in [-0.2, -0.15) is 0 Å². The van der Waals surface area contributed by atoms with Crippen molar-refractivity contribution < 1.29 is 0 Å². The number of pyridine rings is 1. The van der Waals surface area contributed by atoms with Gasteiger partial charge < -0.3 is 0 Å². The number of rotatable bonds is 1. The predicted octanol–water partition coefficient (Wildman–Crippen LogP) is 3.71. The molecule has 1 aromatic heterocycles. The lowest BCUT2D eigenvalue weighted by Crippen LogP contribution is -1.80. The Balaban J connectivity index is 0.000000845. The van der Waals surface area contributed by atoms with Gasteiger partial charge in [0.05, 0.1) is 5.52 Å². The third-order valence-corrected chi connectivity index (χ3v) is 2.47. The van der Waals surface area contributed by atoms with Gasteiger partial charge in [0.1, 0.15) is 0 Å². The Labute approximate surface area is 96.1 Å². The van der Waals surface area contributed by atoms with E-state index in [4.69, 9.17) is 0 Å². The summed E-state index contributed by atoms with van der Waals surface area (Å²) in [5, 5.41) is 2.08. The number of benzene rings is 1. The fraction of sp³-hybridized carbons (Fsp3) is 0.100. The van der Waals surface area contributed by atoms with Crippen LogP contribution in [-0.4, -0.2) is 4.98 Å². The summed E-state index contributed by atoms with van der Waals surface area (Å²) in [7, 11) is 0. The van der Waals surface area contributed by atoms with Crippen LogP contribution in [0.5, 0.6) is 0 Å². The number of fused-ring (bicyclic) bond motifs is 1. The highest BCUT2D eigenvalue weighted by Crippen LogP contribution is 2.14. The lowest BCUT2D eigenvalue weighted by Gasteiger charge is -1.98. The fourth-order valence-corrected chi connectivity index (χ4v) is 1.54. The summed E-state index contributed by atoms with van der Waals surface area (Å²) in [5.74, 6) is 0. The molecule has 13 heavy (non-hydrogen) atoms. The summed E-state index contributed by atoms with van der Waals surface area (Å²) in [4.78, 5) is 4.27. The standard InChI is InChI=1S/C10H8BrN.BrH/c11-7-8-3-4-9-2-1-5-12-10(9)6-8;/h1-6H,7H2;1H. The molecular weight excluding hydrogens is 294 g/mol. The number of halogens is 2. The Morgan fingerprint density at radius 3 is 2.85 bits per heavy atom. The first kappa shape index (κ1) is 10.7. The molecule has 1 heterocycles. The Bertz CT molecular complexity index is 401. The lowest BCUT2D eigenvalue weighted by atomic mass is 10.1. The van der Waals surface area contributed by atoms with E-state index in [0.29, 0.717) is 0 Å². The molecule has 0 saturated heterocycles. The second-order valence-corrected chi connectivity index (χ2v) is 3.22. The Kier molecular flexibility index (Phi) is 3.88. The normalized spacial score (nSPS) is 9.62. The molecule has 0 aliphatic carbocycles. The van der Waals surface area contributed by atoms with Gasteiger partial charge in [-0.1, -0.05) is 34.1 Å². The summed E-state index contributed by atoms with van der Waals surface area (Å²) in [6, 6.07) is 10.3. The van der Waals surface area contributed by atoms with Crippen molar-refractivity contribution in [3.05, 3.63) is 42.1 Å². The van der Waals surface area contributed by atoms with E-state index in [0.717, 1.165) is 10.8 Å². The first-order chi connectivity index (χ1) is 5.90. The maximum Gasteiger partial charge on any atom is 0.0704 e. The molecule has 2 rings (SSSR count). The summed E-state index contributed by atoms with van der Waals surface area (Å²) >= 11 is 3.42. The van der Waals surface area contributed by atoms with Crippen molar-refractivity contribution in [1.82, 2.24) is 4.98 Å². The van der Waals surface area contributed by atoms with E-state index in [-0.39, 0.29) is 17.0 Å². The molecule has 0 atom stereocenters. The van der Waals surface area contributed by atoms with Gasteiger partial charge in [0, 0.05) is 16.9 Å². The van der Waals surface area contributed by atoms with Gasteiger partial charge in [-0.15, -0.1) is 17.0 Å². The van der Waals surface area contributed by atoms with Gasteiger partial charge in [0.25, 0.3) is 0 Å². The summed E-state index contributed by atoms with van der Waals surface area (Å²) in [6.45, 7) is 0. The monoisotopic (exact) mass is 301 g/mol. The van der Waals surface area contributed by atoms with Crippen LogP contribution in [0, 0.1) is 0 Å². The lowest BCUT2D eigenvalue weighted by molar-refractivity contribution is 1.38. The SMILES string of the molecule is Br.BrCc1ccc2cccnc2c1. The molecule has 1 nitrogen and oxygen atoms in total. The molecular formula is C10H9Br2N. The van der Waals surface area contributed by atoms with Crippen LogP contribution >= 0.6 is 32.9 Å². The number of nitrogens with zero attached hydrogens (tertiary/aromatic N) is 1. The van der Waals surface area contributed by atoms with E-state index in [2.05, 4.69) is 45.2 Å². The number of aromatic nitrogens is 1. The zero-order chi connectivity index (χ0) is 8.39. The highest BCUT2D eigenvalue weighted by Gasteiger charge is 1.94. The van der Waals surface area contributed by atoms with Crippen LogP contribution in [0.2, 0.25) is 0 Å². The Hall–Kier alpha value is -0.410. The van der Waals surface area contributed by atoms with E-state index in [1.807, 2.05) is 12.3 Å². The maximum atomic E-state index is 4.27. The predicted molar refractivity (Wildman–Crippen MR) is 64.7 cm³/mol. The van der Waals surface area contributed by atoms with Gasteiger partial charge in [-0.05, 0) is 17.7 Å². The smallest absolute Gasteiger partial charge is 0.0704 e. The zero-order valence-electron chi connectivity index (χ0n) is 6.90. The minimum absolute atomic E-state index is 0. The molecule has 0 N–H and O–H groups in total. The van der Waals surface area contributed by atoms with Crippen LogP contribution in [-0.2, 0) is 5.33 Å². The minimum atomic E-state index is 0. The quantitative estimate of drug-likeness (QED) is 0.732. The van der Waals surface area contributed by atoms with Crippen LogP contribution in [0.1, 0.15) is 5.56 Å². The minimum Gasteiger partial charge on any atom is -0.256 e. The molecule has 0 unspecified atom stereocenters. The van der Waals surface area contributed by atoms with Crippen molar-refractivity contribution in [2.45, 2.75) is 5.33 Å². The van der Waals surface area contributed by atoms with E-state index in [1.165, 1.54) is 10.9 Å². The van der Waals surface area contributed by atoms with Gasteiger partial charge in [-0.3, -0.25) is 4.98 Å². The number of hydrogen-bond acceptors (Lipinski definition) is 1. The van der Waals surface area contributed by atoms with E-state index in [1.54, 1.807) is 0 Å². The molecule has 0 amide bonds. The highest BCUT2D eigenvalue weighted by atomic mass is 79.9. The largest absolute Gasteiger partial charge is 0.256 e. The number of hydrogen-bond donors (Lipinski definition) is 0. The molecule has 68 valence electrons. The third kappa shape index (κ3) is 2.29.